The molecule has 7 heteroatoms. The molecule has 1 amide bonds. The molecular weight excluding hydrogens is 452 g/mol. The first-order valence-electron chi connectivity index (χ1n) is 9.30. The first-order valence-corrected chi connectivity index (χ1v) is 10.9. The molecule has 152 valence electrons. The minimum atomic E-state index is -0.170. The van der Waals surface area contributed by atoms with Gasteiger partial charge in [-0.25, -0.2) is 4.99 Å². The van der Waals surface area contributed by atoms with Gasteiger partial charge in [-0.05, 0) is 83.9 Å². The zero-order valence-electron chi connectivity index (χ0n) is 16.8. The van der Waals surface area contributed by atoms with E-state index in [1.165, 1.54) is 11.8 Å². The van der Waals surface area contributed by atoms with Gasteiger partial charge in [0, 0.05) is 0 Å². The molecule has 1 N–H and O–H groups in total. The number of nitrogens with zero attached hydrogens (tertiary/aromatic N) is 1. The second-order valence-electron chi connectivity index (χ2n) is 6.69. The lowest BCUT2D eigenvalue weighted by molar-refractivity contribution is -0.115. The van der Waals surface area contributed by atoms with Crippen molar-refractivity contribution in [1.82, 2.24) is 5.32 Å². The van der Waals surface area contributed by atoms with Crippen molar-refractivity contribution in [2.45, 2.75) is 33.3 Å². The van der Waals surface area contributed by atoms with Crippen LogP contribution in [0.3, 0.4) is 0 Å². The molecule has 0 aliphatic carbocycles. The summed E-state index contributed by atoms with van der Waals surface area (Å²) in [6.07, 6.45) is 2.78. The van der Waals surface area contributed by atoms with Gasteiger partial charge < -0.3 is 14.8 Å². The van der Waals surface area contributed by atoms with Crippen molar-refractivity contribution < 1.29 is 14.3 Å². The number of nitrogens with one attached hydrogen (secondary N) is 1. The maximum absolute atomic E-state index is 12.4. The van der Waals surface area contributed by atoms with Crippen LogP contribution in [0.15, 0.2) is 50.8 Å². The Balaban J connectivity index is 1.85. The Bertz CT molecular complexity index is 971. The number of thioether (sulfide) groups is 1. The topological polar surface area (TPSA) is 59.9 Å². The van der Waals surface area contributed by atoms with Crippen molar-refractivity contribution in [2.24, 2.45) is 4.99 Å². The van der Waals surface area contributed by atoms with Crippen LogP contribution in [0.1, 0.15) is 31.4 Å². The first-order chi connectivity index (χ1) is 13.9. The molecule has 0 saturated carbocycles. The van der Waals surface area contributed by atoms with Crippen LogP contribution in [0.5, 0.6) is 11.5 Å². The second kappa shape index (κ2) is 9.50. The fourth-order valence-electron chi connectivity index (χ4n) is 2.59. The number of benzene rings is 2. The van der Waals surface area contributed by atoms with Crippen LogP contribution in [0.2, 0.25) is 0 Å². The molecule has 0 spiro atoms. The monoisotopic (exact) mass is 474 g/mol. The molecule has 0 bridgehead atoms. The number of carbonyl (C=O) groups excluding carboxylic acids is 1. The van der Waals surface area contributed by atoms with E-state index in [0.29, 0.717) is 21.6 Å². The lowest BCUT2D eigenvalue weighted by Crippen LogP contribution is -2.19. The highest BCUT2D eigenvalue weighted by atomic mass is 79.9. The summed E-state index contributed by atoms with van der Waals surface area (Å²) in [6.45, 7) is 6.10. The molecule has 1 fully saturated rings. The predicted molar refractivity (Wildman–Crippen MR) is 123 cm³/mol. The van der Waals surface area contributed by atoms with Crippen LogP contribution >= 0.6 is 27.7 Å². The van der Waals surface area contributed by atoms with Gasteiger partial charge in [0.05, 0.1) is 28.3 Å². The van der Waals surface area contributed by atoms with Crippen LogP contribution in [0, 0.1) is 6.92 Å². The van der Waals surface area contributed by atoms with Gasteiger partial charge in [0.15, 0.2) is 16.7 Å². The summed E-state index contributed by atoms with van der Waals surface area (Å²) >= 11 is 4.87. The molecule has 5 nitrogen and oxygen atoms in total. The van der Waals surface area contributed by atoms with Crippen molar-refractivity contribution in [1.29, 1.82) is 0 Å². The van der Waals surface area contributed by atoms with E-state index in [-0.39, 0.29) is 12.0 Å². The molecule has 2 aromatic rings. The Hall–Kier alpha value is -2.25. The highest BCUT2D eigenvalue weighted by Crippen LogP contribution is 2.39. The fraction of sp³-hybridized carbons (Fsp3) is 0.273. The lowest BCUT2D eigenvalue weighted by atomic mass is 10.1. The van der Waals surface area contributed by atoms with E-state index in [1.54, 1.807) is 7.11 Å². The second-order valence-corrected chi connectivity index (χ2v) is 8.57. The minimum absolute atomic E-state index is 0.0705. The molecule has 2 aromatic carbocycles. The van der Waals surface area contributed by atoms with Crippen molar-refractivity contribution >= 4 is 50.5 Å². The Morgan fingerprint density at radius 3 is 2.66 bits per heavy atom. The summed E-state index contributed by atoms with van der Waals surface area (Å²) in [5.74, 6) is 1.11. The zero-order chi connectivity index (χ0) is 21.0. The third-order valence-corrected chi connectivity index (χ3v) is 5.86. The summed E-state index contributed by atoms with van der Waals surface area (Å²) < 4.78 is 12.2. The smallest absolute Gasteiger partial charge is 0.264 e. The van der Waals surface area contributed by atoms with Gasteiger partial charge in [-0.3, -0.25) is 4.79 Å². The molecule has 1 atom stereocenters. The molecule has 29 heavy (non-hydrogen) atoms. The molecule has 1 aliphatic heterocycles. The van der Waals surface area contributed by atoms with E-state index in [2.05, 4.69) is 33.2 Å². The highest BCUT2D eigenvalue weighted by molar-refractivity contribution is 9.10. The molecular formula is C22H23BrN2O3S. The van der Waals surface area contributed by atoms with Gasteiger partial charge in [-0.15, -0.1) is 0 Å². The van der Waals surface area contributed by atoms with Gasteiger partial charge in [0.1, 0.15) is 0 Å². The Morgan fingerprint density at radius 1 is 1.28 bits per heavy atom. The summed E-state index contributed by atoms with van der Waals surface area (Å²) in [7, 11) is 1.60. The number of methoxy groups -OCH3 is 1. The van der Waals surface area contributed by atoms with Gasteiger partial charge in [-0.2, -0.15) is 0 Å². The van der Waals surface area contributed by atoms with Crippen LogP contribution in [0.4, 0.5) is 5.69 Å². The maximum atomic E-state index is 12.4. The number of aryl methyl sites for hydroxylation is 1. The number of hydrogen-bond acceptors (Lipinski definition) is 5. The average Bonchev–Trinajstić information content (AvgIpc) is 3.04. The third-order valence-electron chi connectivity index (χ3n) is 4.36. The summed E-state index contributed by atoms with van der Waals surface area (Å²) in [4.78, 5) is 17.4. The average molecular weight is 475 g/mol. The Kier molecular flexibility index (Phi) is 7.03. The number of hydrogen-bond donors (Lipinski definition) is 1. The first kappa shape index (κ1) is 21.5. The molecule has 1 saturated heterocycles. The van der Waals surface area contributed by atoms with Gasteiger partial charge in [0.25, 0.3) is 5.91 Å². The molecule has 1 heterocycles. The van der Waals surface area contributed by atoms with Crippen LogP contribution in [-0.4, -0.2) is 24.3 Å². The highest BCUT2D eigenvalue weighted by Gasteiger charge is 2.24. The van der Waals surface area contributed by atoms with E-state index in [4.69, 9.17) is 9.47 Å². The minimum Gasteiger partial charge on any atom is -0.493 e. The van der Waals surface area contributed by atoms with Crippen molar-refractivity contribution in [3.63, 3.8) is 0 Å². The number of ether oxygens (including phenoxy) is 2. The van der Waals surface area contributed by atoms with E-state index < -0.39 is 0 Å². The lowest BCUT2D eigenvalue weighted by Gasteiger charge is -2.17. The van der Waals surface area contributed by atoms with Gasteiger partial charge >= 0.3 is 0 Å². The summed E-state index contributed by atoms with van der Waals surface area (Å²) in [6, 6.07) is 11.6. The molecule has 3 rings (SSSR count). The predicted octanol–water partition coefficient (Wildman–Crippen LogP) is 5.84. The summed E-state index contributed by atoms with van der Waals surface area (Å²) in [5.41, 5.74) is 2.80. The van der Waals surface area contributed by atoms with Crippen LogP contribution in [0.25, 0.3) is 6.08 Å². The van der Waals surface area contributed by atoms with E-state index in [0.717, 1.165) is 27.7 Å². The zero-order valence-corrected chi connectivity index (χ0v) is 19.2. The standard InChI is InChI=1S/C22H23BrN2O3S/c1-5-14(3)28-20-17(23)10-15(11-18(20)27-4)12-19-21(26)25-22(29-19)24-16-8-6-13(2)7-9-16/h6-12,14H,5H2,1-4H3,(H,24,25,26)/b19-12+/t14-/m0/s1. The molecule has 1 aliphatic rings. The number of amides is 1. The number of rotatable bonds is 6. The van der Waals surface area contributed by atoms with E-state index in [9.17, 15) is 4.79 Å². The number of carbonyl (C=O) groups is 1. The number of amidine groups is 1. The van der Waals surface area contributed by atoms with Crippen LogP contribution < -0.4 is 14.8 Å². The molecule has 0 unspecified atom stereocenters. The maximum Gasteiger partial charge on any atom is 0.264 e. The van der Waals surface area contributed by atoms with E-state index in [1.807, 2.05) is 56.3 Å². The molecule has 0 radical (unpaired) electrons. The van der Waals surface area contributed by atoms with Gasteiger partial charge in [-0.1, -0.05) is 24.6 Å². The van der Waals surface area contributed by atoms with E-state index >= 15 is 0 Å². The quantitative estimate of drug-likeness (QED) is 0.534. The van der Waals surface area contributed by atoms with Crippen molar-refractivity contribution in [3.8, 4) is 11.5 Å². The van der Waals surface area contributed by atoms with Crippen LogP contribution in [-0.2, 0) is 4.79 Å². The Morgan fingerprint density at radius 2 is 2.00 bits per heavy atom. The Labute approximate surface area is 183 Å². The number of aliphatic imine (C=N–C) groups is 1. The summed E-state index contributed by atoms with van der Waals surface area (Å²) in [5, 5.41) is 3.38. The van der Waals surface area contributed by atoms with Crippen molar-refractivity contribution in [3.05, 3.63) is 56.9 Å². The normalized spacial score (nSPS) is 17.5. The van der Waals surface area contributed by atoms with Crippen molar-refractivity contribution in [2.75, 3.05) is 7.11 Å². The number of halogens is 1. The SMILES string of the molecule is CC[C@H](C)Oc1c(Br)cc(/C=C2/SC(=Nc3ccc(C)cc3)NC2=O)cc1OC. The fourth-order valence-corrected chi connectivity index (χ4v) is 3.99. The largest absolute Gasteiger partial charge is 0.493 e. The molecule has 0 aromatic heterocycles. The van der Waals surface area contributed by atoms with Gasteiger partial charge in [0.2, 0.25) is 0 Å². The third kappa shape index (κ3) is 5.42.